The van der Waals surface area contributed by atoms with Gasteiger partial charge in [-0.15, -0.1) is 0 Å². The first-order valence-electron chi connectivity index (χ1n) is 11.1. The molecule has 6 heteroatoms. The van der Waals surface area contributed by atoms with E-state index in [0.717, 1.165) is 39.1 Å². The fraction of sp³-hybridized carbons (Fsp3) is 0.179. The Bertz CT molecular complexity index is 1480. The maximum Gasteiger partial charge on any atom is 0.355 e. The summed E-state index contributed by atoms with van der Waals surface area (Å²) in [6.07, 6.45) is 0. The van der Waals surface area contributed by atoms with Gasteiger partial charge in [-0.2, -0.15) is 0 Å². The maximum absolute atomic E-state index is 13.4. The number of fused-ring (bicyclic) bond motifs is 3. The second-order valence-corrected chi connectivity index (χ2v) is 7.85. The first-order chi connectivity index (χ1) is 16.7. The largest absolute Gasteiger partial charge is 0.497 e. The molecule has 172 valence electrons. The minimum absolute atomic E-state index is 0.267. The Labute approximate surface area is 197 Å². The number of hydrogen-bond acceptors (Lipinski definition) is 5. The first-order valence-corrected chi connectivity index (χ1v) is 11.1. The Hall–Kier alpha value is -4.19. The van der Waals surface area contributed by atoms with Gasteiger partial charge in [-0.25, -0.2) is 4.79 Å². The topological polar surface area (TPSA) is 62.8 Å². The van der Waals surface area contributed by atoms with Crippen LogP contribution < -0.4 is 9.47 Å². The smallest absolute Gasteiger partial charge is 0.355 e. The predicted molar refractivity (Wildman–Crippen MR) is 132 cm³/mol. The summed E-state index contributed by atoms with van der Waals surface area (Å²) < 4.78 is 24.8. The Balaban J connectivity index is 1.85. The summed E-state index contributed by atoms with van der Waals surface area (Å²) in [5.41, 5.74) is 5.16. The van der Waals surface area contributed by atoms with E-state index in [0.29, 0.717) is 23.4 Å². The molecule has 0 spiro atoms. The molecule has 5 rings (SSSR count). The van der Waals surface area contributed by atoms with E-state index in [4.69, 9.17) is 18.6 Å². The minimum atomic E-state index is -0.404. The van der Waals surface area contributed by atoms with Crippen LogP contribution in [0.15, 0.2) is 77.2 Å². The number of carbonyl (C=O) groups is 1. The lowest BCUT2D eigenvalue weighted by molar-refractivity contribution is 0.0516. The van der Waals surface area contributed by atoms with Crippen molar-refractivity contribution < 1.29 is 23.4 Å². The normalized spacial score (nSPS) is 11.1. The molecule has 5 aromatic rings. The highest BCUT2D eigenvalue weighted by molar-refractivity contribution is 6.14. The van der Waals surface area contributed by atoms with E-state index >= 15 is 0 Å². The highest BCUT2D eigenvalue weighted by atomic mass is 16.5. The minimum Gasteiger partial charge on any atom is -0.497 e. The van der Waals surface area contributed by atoms with Crippen LogP contribution in [0.1, 0.15) is 23.0 Å². The molecule has 0 aliphatic rings. The molecule has 3 aromatic carbocycles. The molecule has 2 heterocycles. The lowest BCUT2D eigenvalue weighted by Crippen LogP contribution is -2.14. The lowest BCUT2D eigenvalue weighted by atomic mass is 10.0. The van der Waals surface area contributed by atoms with E-state index in [1.165, 1.54) is 0 Å². The van der Waals surface area contributed by atoms with E-state index in [1.807, 2.05) is 77.4 Å². The van der Waals surface area contributed by atoms with Crippen molar-refractivity contribution in [3.8, 4) is 22.6 Å². The summed E-state index contributed by atoms with van der Waals surface area (Å²) in [4.78, 5) is 13.4. The number of rotatable bonds is 7. The van der Waals surface area contributed by atoms with Crippen LogP contribution in [0.4, 0.5) is 0 Å². The van der Waals surface area contributed by atoms with Gasteiger partial charge in [0, 0.05) is 10.9 Å². The van der Waals surface area contributed by atoms with Gasteiger partial charge in [-0.1, -0.05) is 42.5 Å². The number of nitrogens with zero attached hydrogens (tertiary/aromatic N) is 1. The quantitative estimate of drug-likeness (QED) is 0.270. The number of aromatic nitrogens is 1. The second-order valence-electron chi connectivity index (χ2n) is 7.85. The third-order valence-electron chi connectivity index (χ3n) is 5.94. The summed E-state index contributed by atoms with van der Waals surface area (Å²) in [7, 11) is 3.27. The van der Waals surface area contributed by atoms with Gasteiger partial charge in [0.1, 0.15) is 22.8 Å². The van der Waals surface area contributed by atoms with Gasteiger partial charge < -0.3 is 23.2 Å². The van der Waals surface area contributed by atoms with Gasteiger partial charge in [0.2, 0.25) is 0 Å². The Morgan fingerprint density at radius 2 is 1.65 bits per heavy atom. The van der Waals surface area contributed by atoms with Gasteiger partial charge in [0.05, 0.1) is 38.5 Å². The molecule has 0 N–H and O–H groups in total. The van der Waals surface area contributed by atoms with Crippen LogP contribution >= 0.6 is 0 Å². The zero-order valence-corrected chi connectivity index (χ0v) is 19.3. The number of furan rings is 1. The van der Waals surface area contributed by atoms with E-state index in [-0.39, 0.29) is 6.61 Å². The SMILES string of the molecule is CCOC(=O)c1c(-c2ccc(OC)cc2)c2oc3ccccc3c2n1Cc1ccccc1OC. The molecule has 0 aliphatic carbocycles. The third kappa shape index (κ3) is 3.57. The summed E-state index contributed by atoms with van der Waals surface area (Å²) in [6.45, 7) is 2.48. The van der Waals surface area contributed by atoms with Gasteiger partial charge >= 0.3 is 5.97 Å². The maximum atomic E-state index is 13.4. The van der Waals surface area contributed by atoms with Crippen LogP contribution in [0.25, 0.3) is 33.2 Å². The van der Waals surface area contributed by atoms with Crippen molar-refractivity contribution in [2.24, 2.45) is 0 Å². The number of para-hydroxylation sites is 2. The van der Waals surface area contributed by atoms with Crippen molar-refractivity contribution in [1.29, 1.82) is 0 Å². The molecule has 0 radical (unpaired) electrons. The lowest BCUT2D eigenvalue weighted by Gasteiger charge is -2.14. The molecule has 2 aromatic heterocycles. The summed E-state index contributed by atoms with van der Waals surface area (Å²) in [6, 6.07) is 23.2. The van der Waals surface area contributed by atoms with E-state index in [2.05, 4.69) is 0 Å². The Morgan fingerprint density at radius 3 is 2.38 bits per heavy atom. The summed E-state index contributed by atoms with van der Waals surface area (Å²) in [5, 5.41) is 0.928. The fourth-order valence-corrected chi connectivity index (χ4v) is 4.42. The Kier molecular flexibility index (Phi) is 5.72. The number of carbonyl (C=O) groups excluding carboxylic acids is 1. The summed E-state index contributed by atoms with van der Waals surface area (Å²) in [5.74, 6) is 1.08. The molecule has 34 heavy (non-hydrogen) atoms. The molecule has 0 saturated heterocycles. The van der Waals surface area contributed by atoms with Crippen molar-refractivity contribution in [1.82, 2.24) is 4.57 Å². The average molecular weight is 456 g/mol. The third-order valence-corrected chi connectivity index (χ3v) is 5.94. The standard InChI is InChI=1S/C28H25NO5/c1-4-33-28(30)26-24(18-13-15-20(31-2)16-14-18)27-25(21-10-6-8-12-23(21)34-27)29(26)17-19-9-5-7-11-22(19)32-3/h5-16H,4,17H2,1-3H3. The fourth-order valence-electron chi connectivity index (χ4n) is 4.42. The zero-order valence-electron chi connectivity index (χ0n) is 19.3. The highest BCUT2D eigenvalue weighted by Gasteiger charge is 2.29. The number of hydrogen-bond donors (Lipinski definition) is 0. The van der Waals surface area contributed by atoms with Crippen LogP contribution in [0, 0.1) is 0 Å². The van der Waals surface area contributed by atoms with Gasteiger partial charge in [-0.05, 0) is 42.8 Å². The predicted octanol–water partition coefficient (Wildman–Crippen LogP) is 6.30. The number of esters is 1. The van der Waals surface area contributed by atoms with Crippen LogP contribution in [0.2, 0.25) is 0 Å². The van der Waals surface area contributed by atoms with Crippen molar-refractivity contribution in [3.05, 3.63) is 84.1 Å². The van der Waals surface area contributed by atoms with Crippen molar-refractivity contribution in [2.75, 3.05) is 20.8 Å². The van der Waals surface area contributed by atoms with Crippen molar-refractivity contribution in [2.45, 2.75) is 13.5 Å². The molecule has 0 atom stereocenters. The number of benzene rings is 3. The molecule has 0 unspecified atom stereocenters. The summed E-state index contributed by atoms with van der Waals surface area (Å²) >= 11 is 0. The average Bonchev–Trinajstić information content (AvgIpc) is 3.39. The molecule has 0 saturated carbocycles. The first kappa shape index (κ1) is 21.6. The highest BCUT2D eigenvalue weighted by Crippen LogP contribution is 2.42. The number of methoxy groups -OCH3 is 2. The van der Waals surface area contributed by atoms with Gasteiger partial charge in [-0.3, -0.25) is 0 Å². The second kappa shape index (κ2) is 8.98. The van der Waals surface area contributed by atoms with Crippen LogP contribution in [-0.2, 0) is 11.3 Å². The van der Waals surface area contributed by atoms with Crippen molar-refractivity contribution in [3.63, 3.8) is 0 Å². The molecule has 6 nitrogen and oxygen atoms in total. The molecular weight excluding hydrogens is 430 g/mol. The molecule has 0 fully saturated rings. The molecular formula is C28H25NO5. The monoisotopic (exact) mass is 455 g/mol. The van der Waals surface area contributed by atoms with Crippen molar-refractivity contribution >= 4 is 28.0 Å². The van der Waals surface area contributed by atoms with E-state index in [1.54, 1.807) is 21.1 Å². The molecule has 0 amide bonds. The van der Waals surface area contributed by atoms with Crippen LogP contribution in [0.3, 0.4) is 0 Å². The van der Waals surface area contributed by atoms with Crippen LogP contribution in [-0.4, -0.2) is 31.4 Å². The number of ether oxygens (including phenoxy) is 3. The zero-order chi connectivity index (χ0) is 23.7. The van der Waals surface area contributed by atoms with Gasteiger partial charge in [0.15, 0.2) is 5.58 Å². The molecule has 0 aliphatic heterocycles. The van der Waals surface area contributed by atoms with Crippen LogP contribution in [0.5, 0.6) is 11.5 Å². The van der Waals surface area contributed by atoms with E-state index < -0.39 is 5.97 Å². The van der Waals surface area contributed by atoms with E-state index in [9.17, 15) is 4.79 Å². The Morgan fingerprint density at radius 1 is 0.912 bits per heavy atom. The molecule has 0 bridgehead atoms. The van der Waals surface area contributed by atoms with Gasteiger partial charge in [0.25, 0.3) is 0 Å².